The standard InChI is InChI=1S/C13H25N3O/c1-9(2)7-10(14-6)8-11-15-12(16-17-11)13(3,4)5/h9-10,14H,7-8H2,1-6H3. The highest BCUT2D eigenvalue weighted by Crippen LogP contribution is 2.19. The molecule has 4 nitrogen and oxygen atoms in total. The lowest BCUT2D eigenvalue weighted by Crippen LogP contribution is -2.29. The van der Waals surface area contributed by atoms with Crippen molar-refractivity contribution in [2.45, 2.75) is 58.9 Å². The van der Waals surface area contributed by atoms with Crippen LogP contribution in [0.3, 0.4) is 0 Å². The van der Waals surface area contributed by atoms with E-state index in [1.54, 1.807) is 0 Å². The summed E-state index contributed by atoms with van der Waals surface area (Å²) in [7, 11) is 1.98. The van der Waals surface area contributed by atoms with E-state index in [2.05, 4.69) is 50.1 Å². The van der Waals surface area contributed by atoms with Crippen molar-refractivity contribution in [3.8, 4) is 0 Å². The summed E-state index contributed by atoms with van der Waals surface area (Å²) in [6.45, 7) is 10.7. The molecule has 0 saturated carbocycles. The van der Waals surface area contributed by atoms with Gasteiger partial charge in [0.1, 0.15) is 0 Å². The SMILES string of the molecule is CNC(Cc1nc(C(C)(C)C)no1)CC(C)C. The quantitative estimate of drug-likeness (QED) is 0.858. The summed E-state index contributed by atoms with van der Waals surface area (Å²) >= 11 is 0. The Bertz CT molecular complexity index is 339. The van der Waals surface area contributed by atoms with Gasteiger partial charge in [-0.25, -0.2) is 0 Å². The van der Waals surface area contributed by atoms with Gasteiger partial charge in [-0.15, -0.1) is 0 Å². The summed E-state index contributed by atoms with van der Waals surface area (Å²) in [5.41, 5.74) is -0.0467. The summed E-state index contributed by atoms with van der Waals surface area (Å²) in [4.78, 5) is 4.46. The van der Waals surface area contributed by atoms with E-state index < -0.39 is 0 Å². The average Bonchev–Trinajstić information content (AvgIpc) is 2.63. The molecule has 0 aliphatic rings. The Kier molecular flexibility index (Phi) is 4.69. The number of likely N-dealkylation sites (N-methyl/N-ethyl adjacent to an activating group) is 1. The fraction of sp³-hybridized carbons (Fsp3) is 0.846. The van der Waals surface area contributed by atoms with Crippen LogP contribution in [0.2, 0.25) is 0 Å². The van der Waals surface area contributed by atoms with Gasteiger partial charge in [0.15, 0.2) is 5.82 Å². The van der Waals surface area contributed by atoms with Gasteiger partial charge >= 0.3 is 0 Å². The van der Waals surface area contributed by atoms with Crippen molar-refractivity contribution < 1.29 is 4.52 Å². The monoisotopic (exact) mass is 239 g/mol. The molecule has 1 rings (SSSR count). The molecule has 0 aromatic carbocycles. The molecular formula is C13H25N3O. The van der Waals surface area contributed by atoms with Gasteiger partial charge in [0.2, 0.25) is 5.89 Å². The van der Waals surface area contributed by atoms with Gasteiger partial charge in [-0.2, -0.15) is 4.98 Å². The highest BCUT2D eigenvalue weighted by Gasteiger charge is 2.22. The van der Waals surface area contributed by atoms with Crippen LogP contribution >= 0.6 is 0 Å². The maximum atomic E-state index is 5.30. The van der Waals surface area contributed by atoms with Crippen LogP contribution in [-0.2, 0) is 11.8 Å². The van der Waals surface area contributed by atoms with Crippen LogP contribution in [0, 0.1) is 5.92 Å². The van der Waals surface area contributed by atoms with Crippen LogP contribution in [0.25, 0.3) is 0 Å². The Hall–Kier alpha value is -0.900. The normalized spacial score (nSPS) is 14.3. The van der Waals surface area contributed by atoms with Crippen molar-refractivity contribution >= 4 is 0 Å². The summed E-state index contributed by atoms with van der Waals surface area (Å²) in [6.07, 6.45) is 1.92. The first-order valence-electron chi connectivity index (χ1n) is 6.33. The zero-order valence-corrected chi connectivity index (χ0v) is 11.9. The number of hydrogen-bond donors (Lipinski definition) is 1. The second kappa shape index (κ2) is 5.63. The zero-order valence-electron chi connectivity index (χ0n) is 11.9. The summed E-state index contributed by atoms with van der Waals surface area (Å²) in [5, 5.41) is 7.34. The lowest BCUT2D eigenvalue weighted by Gasteiger charge is -2.16. The van der Waals surface area contributed by atoms with Gasteiger partial charge in [-0.05, 0) is 19.4 Å². The predicted molar refractivity (Wildman–Crippen MR) is 69.0 cm³/mol. The van der Waals surface area contributed by atoms with Crippen molar-refractivity contribution in [1.82, 2.24) is 15.5 Å². The van der Waals surface area contributed by atoms with Gasteiger partial charge in [0.05, 0.1) is 0 Å². The fourth-order valence-electron chi connectivity index (χ4n) is 1.73. The number of hydrogen-bond acceptors (Lipinski definition) is 4. The Balaban J connectivity index is 2.65. The third-order valence-electron chi connectivity index (χ3n) is 2.72. The summed E-state index contributed by atoms with van der Waals surface area (Å²) in [6, 6.07) is 0.406. The van der Waals surface area contributed by atoms with Crippen LogP contribution in [0.5, 0.6) is 0 Å². The minimum Gasteiger partial charge on any atom is -0.339 e. The largest absolute Gasteiger partial charge is 0.339 e. The number of rotatable bonds is 5. The molecule has 4 heteroatoms. The lowest BCUT2D eigenvalue weighted by molar-refractivity contribution is 0.337. The topological polar surface area (TPSA) is 51.0 Å². The van der Waals surface area contributed by atoms with Crippen molar-refractivity contribution in [1.29, 1.82) is 0 Å². The molecule has 1 aromatic heterocycles. The van der Waals surface area contributed by atoms with Crippen LogP contribution in [-0.4, -0.2) is 23.2 Å². The first-order valence-corrected chi connectivity index (χ1v) is 6.33. The van der Waals surface area contributed by atoms with Crippen molar-refractivity contribution in [3.05, 3.63) is 11.7 Å². The molecule has 1 unspecified atom stereocenters. The van der Waals surface area contributed by atoms with E-state index in [9.17, 15) is 0 Å². The Labute approximate surface area is 104 Å². The molecular weight excluding hydrogens is 214 g/mol. The molecule has 0 amide bonds. The molecule has 0 aliphatic heterocycles. The van der Waals surface area contributed by atoms with Gasteiger partial charge in [-0.1, -0.05) is 39.8 Å². The van der Waals surface area contributed by atoms with Crippen LogP contribution in [0.4, 0.5) is 0 Å². The number of nitrogens with zero attached hydrogens (tertiary/aromatic N) is 2. The second-order valence-electron chi connectivity index (χ2n) is 6.08. The fourth-order valence-corrected chi connectivity index (χ4v) is 1.73. The molecule has 1 N–H and O–H groups in total. The maximum Gasteiger partial charge on any atom is 0.228 e. The van der Waals surface area contributed by atoms with E-state index in [4.69, 9.17) is 4.52 Å². The Morgan fingerprint density at radius 3 is 2.35 bits per heavy atom. The van der Waals surface area contributed by atoms with Gasteiger partial charge in [0, 0.05) is 17.9 Å². The molecule has 0 fully saturated rings. The van der Waals surface area contributed by atoms with Crippen molar-refractivity contribution in [2.24, 2.45) is 5.92 Å². The second-order valence-corrected chi connectivity index (χ2v) is 6.08. The minimum atomic E-state index is -0.0467. The molecule has 17 heavy (non-hydrogen) atoms. The molecule has 0 aliphatic carbocycles. The lowest BCUT2D eigenvalue weighted by atomic mass is 9.96. The Morgan fingerprint density at radius 1 is 1.29 bits per heavy atom. The van der Waals surface area contributed by atoms with E-state index in [0.29, 0.717) is 12.0 Å². The smallest absolute Gasteiger partial charge is 0.228 e. The van der Waals surface area contributed by atoms with E-state index >= 15 is 0 Å². The highest BCUT2D eigenvalue weighted by atomic mass is 16.5. The van der Waals surface area contributed by atoms with Crippen LogP contribution in [0.1, 0.15) is 52.8 Å². The third-order valence-corrected chi connectivity index (χ3v) is 2.72. The van der Waals surface area contributed by atoms with Crippen molar-refractivity contribution in [2.75, 3.05) is 7.05 Å². The minimum absolute atomic E-state index is 0.0467. The first-order chi connectivity index (χ1) is 7.82. The molecule has 98 valence electrons. The Morgan fingerprint density at radius 2 is 1.94 bits per heavy atom. The van der Waals surface area contributed by atoms with Gasteiger partial charge in [-0.3, -0.25) is 0 Å². The summed E-state index contributed by atoms with van der Waals surface area (Å²) < 4.78 is 5.30. The third kappa shape index (κ3) is 4.46. The van der Waals surface area contributed by atoms with Crippen molar-refractivity contribution in [3.63, 3.8) is 0 Å². The van der Waals surface area contributed by atoms with Crippen LogP contribution in [0.15, 0.2) is 4.52 Å². The predicted octanol–water partition coefficient (Wildman–Crippen LogP) is 2.54. The van der Waals surface area contributed by atoms with E-state index in [-0.39, 0.29) is 5.41 Å². The molecule has 0 saturated heterocycles. The van der Waals surface area contributed by atoms with E-state index in [1.165, 1.54) is 0 Å². The number of nitrogens with one attached hydrogen (secondary N) is 1. The molecule has 0 spiro atoms. The molecule has 1 heterocycles. The zero-order chi connectivity index (χ0) is 13.1. The highest BCUT2D eigenvalue weighted by molar-refractivity contribution is 5.00. The van der Waals surface area contributed by atoms with Gasteiger partial charge in [0.25, 0.3) is 0 Å². The molecule has 0 bridgehead atoms. The maximum absolute atomic E-state index is 5.30. The molecule has 0 radical (unpaired) electrons. The number of aromatic nitrogens is 2. The van der Waals surface area contributed by atoms with Crippen LogP contribution < -0.4 is 5.32 Å². The van der Waals surface area contributed by atoms with E-state index in [1.807, 2.05) is 7.05 Å². The molecule has 1 atom stereocenters. The molecule has 1 aromatic rings. The summed E-state index contributed by atoms with van der Waals surface area (Å²) in [5.74, 6) is 2.18. The average molecular weight is 239 g/mol. The first kappa shape index (κ1) is 14.2. The van der Waals surface area contributed by atoms with Gasteiger partial charge < -0.3 is 9.84 Å². The van der Waals surface area contributed by atoms with E-state index in [0.717, 1.165) is 24.6 Å².